The van der Waals surface area contributed by atoms with E-state index < -0.39 is 0 Å². The molecule has 6 nitrogen and oxygen atoms in total. The Morgan fingerprint density at radius 1 is 1.15 bits per heavy atom. The number of hydrogen-bond donors (Lipinski definition) is 2. The summed E-state index contributed by atoms with van der Waals surface area (Å²) in [5, 5.41) is 8.67. The van der Waals surface area contributed by atoms with Crippen LogP contribution in [0.1, 0.15) is 17.0 Å². The fraction of sp³-hybridized carbons (Fsp3) is 0.211. The molecular weight excluding hydrogens is 348 g/mol. The molecule has 0 atom stereocenters. The number of benzene rings is 1. The first kappa shape index (κ1) is 17.9. The monoisotopic (exact) mass is 368 g/mol. The summed E-state index contributed by atoms with van der Waals surface area (Å²) in [6, 6.07) is 13.4. The van der Waals surface area contributed by atoms with Crippen LogP contribution in [0.5, 0.6) is 5.75 Å². The molecule has 0 radical (unpaired) electrons. The molecule has 1 amide bonds. The third kappa shape index (κ3) is 5.03. The topological polar surface area (TPSA) is 76.1 Å². The van der Waals surface area contributed by atoms with Gasteiger partial charge >= 0.3 is 0 Å². The van der Waals surface area contributed by atoms with E-state index in [4.69, 9.17) is 4.74 Å². The first-order chi connectivity index (χ1) is 12.6. The molecule has 0 bridgehead atoms. The Bertz CT molecular complexity index is 877. The van der Waals surface area contributed by atoms with Gasteiger partial charge in [-0.05, 0) is 36.8 Å². The molecule has 134 valence electrons. The van der Waals surface area contributed by atoms with Crippen molar-refractivity contribution in [3.05, 3.63) is 64.8 Å². The van der Waals surface area contributed by atoms with Crippen molar-refractivity contribution in [3.8, 4) is 5.75 Å². The summed E-state index contributed by atoms with van der Waals surface area (Å²) in [5.74, 6) is 1.48. The Kier molecular flexibility index (Phi) is 5.80. The number of aromatic nitrogens is 2. The van der Waals surface area contributed by atoms with Crippen molar-refractivity contribution < 1.29 is 9.53 Å². The van der Waals surface area contributed by atoms with Crippen LogP contribution in [0.25, 0.3) is 0 Å². The molecule has 2 N–H and O–H groups in total. The number of amides is 1. The van der Waals surface area contributed by atoms with Gasteiger partial charge in [-0.2, -0.15) is 0 Å². The quantitative estimate of drug-likeness (QED) is 0.668. The fourth-order valence-corrected chi connectivity index (χ4v) is 3.06. The first-order valence-electron chi connectivity index (χ1n) is 8.17. The number of hydrogen-bond acceptors (Lipinski definition) is 6. The van der Waals surface area contributed by atoms with Crippen molar-refractivity contribution in [1.29, 1.82) is 0 Å². The van der Waals surface area contributed by atoms with Gasteiger partial charge in [0.25, 0.3) is 0 Å². The zero-order valence-corrected chi connectivity index (χ0v) is 15.5. The second-order valence-electron chi connectivity index (χ2n) is 5.73. The molecule has 2 heterocycles. The summed E-state index contributed by atoms with van der Waals surface area (Å²) in [7, 11) is 1.63. The second kappa shape index (κ2) is 8.44. The van der Waals surface area contributed by atoms with Crippen molar-refractivity contribution in [2.75, 3.05) is 12.4 Å². The summed E-state index contributed by atoms with van der Waals surface area (Å²) < 4.78 is 5.12. The molecular formula is C19H20N4O2S. The van der Waals surface area contributed by atoms with E-state index in [1.807, 2.05) is 54.8 Å². The summed E-state index contributed by atoms with van der Waals surface area (Å²) >= 11 is 1.45. The van der Waals surface area contributed by atoms with E-state index in [0.29, 0.717) is 6.54 Å². The van der Waals surface area contributed by atoms with Crippen LogP contribution in [0, 0.1) is 6.92 Å². The minimum atomic E-state index is -0.0636. The number of anilines is 2. The van der Waals surface area contributed by atoms with E-state index in [1.165, 1.54) is 11.3 Å². The molecule has 2 aromatic heterocycles. The molecule has 0 saturated carbocycles. The van der Waals surface area contributed by atoms with Gasteiger partial charge < -0.3 is 15.4 Å². The zero-order chi connectivity index (χ0) is 18.4. The van der Waals surface area contributed by atoms with Gasteiger partial charge in [-0.1, -0.05) is 18.2 Å². The number of pyridine rings is 1. The SMILES string of the molecule is COc1ccc(CNC(=O)Cc2csc(Nc3cccc(C)n3)n2)cc1. The standard InChI is InChI=1S/C19H20N4O2S/c1-13-4-3-5-17(21-13)23-19-22-15(12-26-19)10-18(24)20-11-14-6-8-16(25-2)9-7-14/h3-9,12H,10-11H2,1-2H3,(H,20,24)(H,21,22,23). The molecule has 0 saturated heterocycles. The Labute approximate surface area is 156 Å². The maximum Gasteiger partial charge on any atom is 0.226 e. The van der Waals surface area contributed by atoms with Crippen LogP contribution in [-0.2, 0) is 17.8 Å². The number of carbonyl (C=O) groups excluding carboxylic acids is 1. The predicted molar refractivity (Wildman–Crippen MR) is 103 cm³/mol. The van der Waals surface area contributed by atoms with Crippen LogP contribution in [0.15, 0.2) is 47.8 Å². The zero-order valence-electron chi connectivity index (χ0n) is 14.7. The lowest BCUT2D eigenvalue weighted by molar-refractivity contribution is -0.120. The number of thiazole rings is 1. The van der Waals surface area contributed by atoms with Gasteiger partial charge in [-0.3, -0.25) is 4.79 Å². The normalized spacial score (nSPS) is 10.4. The Hall–Kier alpha value is -2.93. The lowest BCUT2D eigenvalue weighted by atomic mass is 10.2. The lowest BCUT2D eigenvalue weighted by Crippen LogP contribution is -2.24. The molecule has 7 heteroatoms. The molecule has 3 aromatic rings. The molecule has 3 rings (SSSR count). The van der Waals surface area contributed by atoms with Crippen molar-refractivity contribution in [3.63, 3.8) is 0 Å². The Morgan fingerprint density at radius 2 is 1.96 bits per heavy atom. The van der Waals surface area contributed by atoms with Gasteiger partial charge in [0.1, 0.15) is 11.6 Å². The molecule has 0 aliphatic carbocycles. The minimum Gasteiger partial charge on any atom is -0.497 e. The van der Waals surface area contributed by atoms with Crippen molar-refractivity contribution in [2.45, 2.75) is 19.9 Å². The van der Waals surface area contributed by atoms with Crippen molar-refractivity contribution >= 4 is 28.2 Å². The van der Waals surface area contributed by atoms with Gasteiger partial charge in [-0.25, -0.2) is 9.97 Å². The van der Waals surface area contributed by atoms with Crippen molar-refractivity contribution in [1.82, 2.24) is 15.3 Å². The summed E-state index contributed by atoms with van der Waals surface area (Å²) in [6.07, 6.45) is 0.246. The predicted octanol–water partition coefficient (Wildman–Crippen LogP) is 3.46. The van der Waals surface area contributed by atoms with Crippen molar-refractivity contribution in [2.24, 2.45) is 0 Å². The molecule has 26 heavy (non-hydrogen) atoms. The van der Waals surface area contributed by atoms with Gasteiger partial charge in [0.2, 0.25) is 5.91 Å². The van der Waals surface area contributed by atoms with Crippen LogP contribution >= 0.6 is 11.3 Å². The van der Waals surface area contributed by atoms with Crippen LogP contribution in [0.3, 0.4) is 0 Å². The summed E-state index contributed by atoms with van der Waals surface area (Å²) in [5.41, 5.74) is 2.69. The highest BCUT2D eigenvalue weighted by Crippen LogP contribution is 2.20. The van der Waals surface area contributed by atoms with E-state index >= 15 is 0 Å². The number of aryl methyl sites for hydroxylation is 1. The van der Waals surface area contributed by atoms with Crippen LogP contribution in [0.2, 0.25) is 0 Å². The average molecular weight is 368 g/mol. The lowest BCUT2D eigenvalue weighted by Gasteiger charge is -2.05. The highest BCUT2D eigenvalue weighted by Gasteiger charge is 2.08. The van der Waals surface area contributed by atoms with Gasteiger partial charge in [-0.15, -0.1) is 11.3 Å². The highest BCUT2D eigenvalue weighted by molar-refractivity contribution is 7.13. The third-order valence-corrected chi connectivity index (χ3v) is 4.47. The number of ether oxygens (including phenoxy) is 1. The molecule has 0 aliphatic rings. The van der Waals surface area contributed by atoms with Gasteiger partial charge in [0.15, 0.2) is 5.13 Å². The number of nitrogens with zero attached hydrogens (tertiary/aromatic N) is 2. The number of nitrogens with one attached hydrogen (secondary N) is 2. The fourth-order valence-electron chi connectivity index (χ4n) is 2.34. The highest BCUT2D eigenvalue weighted by atomic mass is 32.1. The first-order valence-corrected chi connectivity index (χ1v) is 9.05. The Morgan fingerprint density at radius 3 is 2.69 bits per heavy atom. The molecule has 1 aromatic carbocycles. The van der Waals surface area contributed by atoms with Gasteiger partial charge in [0.05, 0.1) is 19.2 Å². The third-order valence-electron chi connectivity index (χ3n) is 3.67. The molecule has 0 aliphatic heterocycles. The largest absolute Gasteiger partial charge is 0.497 e. The second-order valence-corrected chi connectivity index (χ2v) is 6.59. The van der Waals surface area contributed by atoms with Crippen LogP contribution < -0.4 is 15.4 Å². The van der Waals surface area contributed by atoms with E-state index in [9.17, 15) is 4.79 Å². The minimum absolute atomic E-state index is 0.0636. The maximum absolute atomic E-state index is 12.1. The van der Waals surface area contributed by atoms with Crippen LogP contribution in [-0.4, -0.2) is 23.0 Å². The van der Waals surface area contributed by atoms with Crippen LogP contribution in [0.4, 0.5) is 10.9 Å². The smallest absolute Gasteiger partial charge is 0.226 e. The summed E-state index contributed by atoms with van der Waals surface area (Å²) in [4.78, 5) is 20.9. The van der Waals surface area contributed by atoms with E-state index in [-0.39, 0.29) is 12.3 Å². The maximum atomic E-state index is 12.1. The average Bonchev–Trinajstić information content (AvgIpc) is 3.07. The Balaban J connectivity index is 1.50. The summed E-state index contributed by atoms with van der Waals surface area (Å²) in [6.45, 7) is 2.41. The molecule has 0 unspecified atom stereocenters. The number of carbonyl (C=O) groups is 1. The molecule has 0 fully saturated rings. The van der Waals surface area contributed by atoms with E-state index in [2.05, 4.69) is 20.6 Å². The number of rotatable bonds is 7. The number of methoxy groups -OCH3 is 1. The van der Waals surface area contributed by atoms with Gasteiger partial charge in [0, 0.05) is 17.6 Å². The molecule has 0 spiro atoms. The van der Waals surface area contributed by atoms with E-state index in [0.717, 1.165) is 33.7 Å². The van der Waals surface area contributed by atoms with E-state index in [1.54, 1.807) is 7.11 Å².